The minimum absolute atomic E-state index is 0.00947. The van der Waals surface area contributed by atoms with Gasteiger partial charge in [-0.1, -0.05) is 29.3 Å². The Bertz CT molecular complexity index is 1100. The first-order valence-electron chi connectivity index (χ1n) is 9.93. The lowest BCUT2D eigenvalue weighted by Crippen LogP contribution is -2.40. The summed E-state index contributed by atoms with van der Waals surface area (Å²) in [5, 5.41) is 6.95. The molecule has 0 unspecified atom stereocenters. The Hall–Kier alpha value is -2.97. The van der Waals surface area contributed by atoms with Crippen molar-refractivity contribution in [3.8, 4) is 17.3 Å². The lowest BCUT2D eigenvalue weighted by Gasteiger charge is -2.29. The van der Waals surface area contributed by atoms with Crippen LogP contribution in [0.4, 0.5) is 10.1 Å². The molecule has 1 saturated heterocycles. The Morgan fingerprint density at radius 3 is 2.74 bits per heavy atom. The van der Waals surface area contributed by atoms with E-state index in [1.54, 1.807) is 12.1 Å². The van der Waals surface area contributed by atoms with Crippen LogP contribution in [0.15, 0.2) is 53.6 Å². The number of nitrogens with one attached hydrogen (secondary N) is 1. The quantitative estimate of drug-likeness (QED) is 0.610. The third kappa shape index (κ3) is 5.03. The second-order valence-corrected chi connectivity index (χ2v) is 7.90. The van der Waals surface area contributed by atoms with Crippen LogP contribution in [-0.2, 0) is 4.74 Å². The van der Waals surface area contributed by atoms with Gasteiger partial charge in [-0.3, -0.25) is 4.79 Å². The Labute approximate surface area is 183 Å². The van der Waals surface area contributed by atoms with Crippen LogP contribution in [0.2, 0.25) is 5.02 Å². The van der Waals surface area contributed by atoms with Gasteiger partial charge in [-0.15, -0.1) is 0 Å². The third-order valence-electron chi connectivity index (χ3n) is 5.00. The molecule has 1 aromatic carbocycles. The topological polar surface area (TPSA) is 78.3 Å². The summed E-state index contributed by atoms with van der Waals surface area (Å²) in [5.74, 6) is 1.04. The summed E-state index contributed by atoms with van der Waals surface area (Å²) in [7, 11) is 0. The van der Waals surface area contributed by atoms with Crippen molar-refractivity contribution in [3.63, 3.8) is 0 Å². The molecule has 3 aromatic rings. The predicted molar refractivity (Wildman–Crippen MR) is 116 cm³/mol. The number of nitrogens with zero attached hydrogens (tertiary/aromatic N) is 3. The van der Waals surface area contributed by atoms with Crippen molar-refractivity contribution in [2.75, 3.05) is 25.1 Å². The molecule has 0 aliphatic carbocycles. The summed E-state index contributed by atoms with van der Waals surface area (Å²) in [6.45, 7) is 2.57. The maximum atomic E-state index is 14.7. The number of rotatable bonds is 6. The molecule has 0 amide bonds. The van der Waals surface area contributed by atoms with E-state index >= 15 is 0 Å². The minimum atomic E-state index is -1.49. The molecule has 3 heterocycles. The Balaban J connectivity index is 1.47. The van der Waals surface area contributed by atoms with Gasteiger partial charge in [0, 0.05) is 12.7 Å². The molecular formula is C22H22ClFN4O3. The number of hydrogen-bond donors (Lipinski definition) is 1. The fraction of sp³-hybridized carbons (Fsp3) is 0.318. The molecule has 0 radical (unpaired) electrons. The van der Waals surface area contributed by atoms with Crippen molar-refractivity contribution in [1.82, 2.24) is 14.8 Å². The summed E-state index contributed by atoms with van der Waals surface area (Å²) in [6, 6.07) is 10.9. The Morgan fingerprint density at radius 1 is 1.26 bits per heavy atom. The summed E-state index contributed by atoms with van der Waals surface area (Å²) < 4.78 is 26.7. The summed E-state index contributed by atoms with van der Waals surface area (Å²) in [5.41, 5.74) is -0.193. The summed E-state index contributed by atoms with van der Waals surface area (Å²) in [4.78, 5) is 16.9. The van der Waals surface area contributed by atoms with Crippen molar-refractivity contribution in [3.05, 3.63) is 69.7 Å². The average molecular weight is 445 g/mol. The predicted octanol–water partition coefficient (Wildman–Crippen LogP) is 4.31. The van der Waals surface area contributed by atoms with Crippen LogP contribution in [0.25, 0.3) is 5.69 Å². The molecule has 1 atom stereocenters. The van der Waals surface area contributed by atoms with Gasteiger partial charge in [0.05, 0.1) is 36.9 Å². The zero-order valence-corrected chi connectivity index (χ0v) is 17.7. The molecule has 7 nitrogen and oxygen atoms in total. The largest absolute Gasteiger partial charge is 0.439 e. The molecule has 162 valence electrons. The molecule has 0 spiro atoms. The van der Waals surface area contributed by atoms with Crippen LogP contribution < -0.4 is 15.6 Å². The standard InChI is InChI=1S/C22H22ClFN4O3/c1-15-3-6-17(7-4-15)31-19-8-5-16(11-25-19)28-21(29)20(23)18(12-27-28)26-13-22(24)9-2-10-30-14-22/h3-8,11-12,26H,2,9-10,13-14H2,1H3/t22-/m0/s1. The second kappa shape index (κ2) is 9.03. The minimum Gasteiger partial charge on any atom is -0.439 e. The van der Waals surface area contributed by atoms with E-state index in [0.29, 0.717) is 36.8 Å². The smallest absolute Gasteiger partial charge is 0.292 e. The van der Waals surface area contributed by atoms with E-state index in [-0.39, 0.29) is 23.9 Å². The number of halogens is 2. The number of alkyl halides is 1. The Kier molecular flexibility index (Phi) is 6.20. The van der Waals surface area contributed by atoms with Gasteiger partial charge in [-0.2, -0.15) is 9.78 Å². The number of aromatic nitrogens is 3. The molecule has 9 heteroatoms. The highest BCUT2D eigenvalue weighted by Gasteiger charge is 2.32. The van der Waals surface area contributed by atoms with Crippen molar-refractivity contribution >= 4 is 17.3 Å². The molecule has 4 rings (SSSR count). The zero-order chi connectivity index (χ0) is 21.8. The highest BCUT2D eigenvalue weighted by molar-refractivity contribution is 6.32. The molecule has 1 fully saturated rings. The van der Waals surface area contributed by atoms with Crippen LogP contribution in [0.3, 0.4) is 0 Å². The molecule has 0 saturated carbocycles. The van der Waals surface area contributed by atoms with E-state index in [9.17, 15) is 9.18 Å². The van der Waals surface area contributed by atoms with Gasteiger partial charge < -0.3 is 14.8 Å². The van der Waals surface area contributed by atoms with Gasteiger partial charge in [0.1, 0.15) is 10.8 Å². The van der Waals surface area contributed by atoms with E-state index in [2.05, 4.69) is 15.4 Å². The average Bonchev–Trinajstić information content (AvgIpc) is 2.78. The number of pyridine rings is 1. The van der Waals surface area contributed by atoms with Gasteiger partial charge >= 0.3 is 0 Å². The molecule has 1 N–H and O–H groups in total. The fourth-order valence-corrected chi connectivity index (χ4v) is 3.43. The van der Waals surface area contributed by atoms with Crippen LogP contribution >= 0.6 is 11.6 Å². The number of ether oxygens (including phenoxy) is 2. The van der Waals surface area contributed by atoms with Crippen molar-refractivity contribution in [1.29, 1.82) is 0 Å². The van der Waals surface area contributed by atoms with Crippen molar-refractivity contribution < 1.29 is 13.9 Å². The van der Waals surface area contributed by atoms with E-state index < -0.39 is 11.2 Å². The third-order valence-corrected chi connectivity index (χ3v) is 5.36. The fourth-order valence-electron chi connectivity index (χ4n) is 3.24. The highest BCUT2D eigenvalue weighted by Crippen LogP contribution is 2.26. The van der Waals surface area contributed by atoms with Gasteiger partial charge in [0.15, 0.2) is 5.67 Å². The number of benzene rings is 1. The van der Waals surface area contributed by atoms with E-state index in [1.807, 2.05) is 31.2 Å². The maximum Gasteiger partial charge on any atom is 0.292 e. The molecule has 1 aliphatic heterocycles. The Morgan fingerprint density at radius 2 is 2.06 bits per heavy atom. The monoisotopic (exact) mass is 444 g/mol. The normalized spacial score (nSPS) is 18.5. The lowest BCUT2D eigenvalue weighted by molar-refractivity contribution is -0.0234. The van der Waals surface area contributed by atoms with E-state index in [4.69, 9.17) is 21.1 Å². The first kappa shape index (κ1) is 21.3. The van der Waals surface area contributed by atoms with Gasteiger partial charge in [0.2, 0.25) is 5.88 Å². The second-order valence-electron chi connectivity index (χ2n) is 7.52. The number of hydrogen-bond acceptors (Lipinski definition) is 6. The summed E-state index contributed by atoms with van der Waals surface area (Å²) >= 11 is 6.23. The van der Waals surface area contributed by atoms with E-state index in [0.717, 1.165) is 10.2 Å². The van der Waals surface area contributed by atoms with Gasteiger partial charge in [0.25, 0.3) is 5.56 Å². The molecule has 31 heavy (non-hydrogen) atoms. The SMILES string of the molecule is Cc1ccc(Oc2ccc(-n3ncc(NC[C@@]4(F)CCCOC4)c(Cl)c3=O)cn2)cc1. The van der Waals surface area contributed by atoms with E-state index in [1.165, 1.54) is 12.4 Å². The molecular weight excluding hydrogens is 423 g/mol. The van der Waals surface area contributed by atoms with Crippen LogP contribution in [0.1, 0.15) is 18.4 Å². The lowest BCUT2D eigenvalue weighted by atomic mass is 9.99. The number of aryl methyl sites for hydroxylation is 1. The van der Waals surface area contributed by atoms with Crippen molar-refractivity contribution in [2.45, 2.75) is 25.4 Å². The van der Waals surface area contributed by atoms with Crippen LogP contribution in [-0.4, -0.2) is 40.2 Å². The molecule has 1 aliphatic rings. The maximum absolute atomic E-state index is 14.7. The first-order chi connectivity index (χ1) is 14.9. The summed E-state index contributed by atoms with van der Waals surface area (Å²) in [6.07, 6.45) is 3.91. The van der Waals surface area contributed by atoms with Crippen LogP contribution in [0.5, 0.6) is 11.6 Å². The highest BCUT2D eigenvalue weighted by atomic mass is 35.5. The van der Waals surface area contributed by atoms with Gasteiger partial charge in [-0.05, 0) is 38.0 Å². The number of anilines is 1. The van der Waals surface area contributed by atoms with Crippen LogP contribution in [0, 0.1) is 6.92 Å². The van der Waals surface area contributed by atoms with Gasteiger partial charge in [-0.25, -0.2) is 9.37 Å². The molecule has 0 bridgehead atoms. The zero-order valence-electron chi connectivity index (χ0n) is 17.0. The first-order valence-corrected chi connectivity index (χ1v) is 10.3. The van der Waals surface area contributed by atoms with Crippen molar-refractivity contribution in [2.24, 2.45) is 0 Å². The molecule has 2 aromatic heterocycles.